The largest absolute Gasteiger partial charge is 0.480 e. The van der Waals surface area contributed by atoms with Crippen molar-refractivity contribution in [1.29, 1.82) is 0 Å². The van der Waals surface area contributed by atoms with Gasteiger partial charge in [-0.25, -0.2) is 0 Å². The van der Waals surface area contributed by atoms with Crippen LogP contribution in [0.2, 0.25) is 0 Å². The van der Waals surface area contributed by atoms with E-state index in [1.54, 1.807) is 11.8 Å². The molecule has 0 bridgehead atoms. The van der Waals surface area contributed by atoms with Crippen LogP contribution in [0.1, 0.15) is 27.2 Å². The molecule has 1 N–H and O–H groups in total. The van der Waals surface area contributed by atoms with Crippen molar-refractivity contribution in [3.63, 3.8) is 0 Å². The molecule has 0 aromatic heterocycles. The van der Waals surface area contributed by atoms with Crippen LogP contribution >= 0.6 is 11.8 Å². The molecule has 84 valence electrons. The van der Waals surface area contributed by atoms with E-state index in [1.165, 1.54) is 0 Å². The average Bonchev–Trinajstić information content (AvgIpc) is 2.22. The number of carboxylic acid groups (broad SMARTS) is 1. The first-order valence-corrected chi connectivity index (χ1v) is 6.45. The van der Waals surface area contributed by atoms with Crippen molar-refractivity contribution in [2.45, 2.75) is 33.2 Å². The lowest BCUT2D eigenvalue weighted by Gasteiger charge is -2.31. The van der Waals surface area contributed by atoms with Gasteiger partial charge < -0.3 is 5.11 Å². The molecule has 0 saturated carbocycles. The molecule has 1 rings (SSSR count). The summed E-state index contributed by atoms with van der Waals surface area (Å²) < 4.78 is 0. The van der Waals surface area contributed by atoms with Gasteiger partial charge in [0.2, 0.25) is 0 Å². The maximum Gasteiger partial charge on any atom is 0.321 e. The molecule has 1 fully saturated rings. The van der Waals surface area contributed by atoms with E-state index in [2.05, 4.69) is 11.8 Å². The van der Waals surface area contributed by atoms with Crippen LogP contribution < -0.4 is 0 Å². The van der Waals surface area contributed by atoms with E-state index in [9.17, 15) is 4.79 Å². The fourth-order valence-corrected chi connectivity index (χ4v) is 2.53. The van der Waals surface area contributed by atoms with Crippen molar-refractivity contribution in [3.05, 3.63) is 0 Å². The Hall–Kier alpha value is -0.220. The lowest BCUT2D eigenvalue weighted by atomic mass is 10.2. The number of nitrogens with zero attached hydrogens (tertiary/aromatic N) is 1. The molecule has 0 amide bonds. The van der Waals surface area contributed by atoms with E-state index in [4.69, 9.17) is 5.11 Å². The van der Waals surface area contributed by atoms with Crippen LogP contribution in [0.3, 0.4) is 0 Å². The van der Waals surface area contributed by atoms with Crippen molar-refractivity contribution in [2.75, 3.05) is 24.6 Å². The SMILES string of the molecule is CC.CCCN1CCSCC1C(=O)O. The monoisotopic (exact) mass is 219 g/mol. The molecule has 14 heavy (non-hydrogen) atoms. The first kappa shape index (κ1) is 13.8. The molecule has 1 heterocycles. The summed E-state index contributed by atoms with van der Waals surface area (Å²) in [7, 11) is 0. The maximum absolute atomic E-state index is 10.8. The van der Waals surface area contributed by atoms with Crippen LogP contribution in [0.25, 0.3) is 0 Å². The van der Waals surface area contributed by atoms with Crippen molar-refractivity contribution in [2.24, 2.45) is 0 Å². The highest BCUT2D eigenvalue weighted by molar-refractivity contribution is 7.99. The van der Waals surface area contributed by atoms with Crippen molar-refractivity contribution >= 4 is 17.7 Å². The molecule has 0 aliphatic carbocycles. The molecule has 4 heteroatoms. The van der Waals surface area contributed by atoms with Crippen molar-refractivity contribution < 1.29 is 9.90 Å². The third-order valence-electron chi connectivity index (χ3n) is 2.04. The second-order valence-electron chi connectivity index (χ2n) is 2.96. The van der Waals surface area contributed by atoms with Crippen LogP contribution in [0, 0.1) is 0 Å². The summed E-state index contributed by atoms with van der Waals surface area (Å²) in [5.41, 5.74) is 0. The van der Waals surface area contributed by atoms with Crippen LogP contribution in [-0.2, 0) is 4.79 Å². The van der Waals surface area contributed by atoms with Gasteiger partial charge in [-0.05, 0) is 13.0 Å². The zero-order chi connectivity index (χ0) is 11.0. The molecule has 1 aliphatic rings. The van der Waals surface area contributed by atoms with Gasteiger partial charge in [0.25, 0.3) is 0 Å². The minimum atomic E-state index is -0.671. The van der Waals surface area contributed by atoms with E-state index in [0.717, 1.165) is 31.0 Å². The summed E-state index contributed by atoms with van der Waals surface area (Å²) in [4.78, 5) is 12.9. The number of carbonyl (C=O) groups is 1. The van der Waals surface area contributed by atoms with Gasteiger partial charge in [0.05, 0.1) is 0 Å². The third-order valence-corrected chi connectivity index (χ3v) is 3.06. The second kappa shape index (κ2) is 8.12. The summed E-state index contributed by atoms with van der Waals surface area (Å²) in [6, 6.07) is -0.247. The lowest BCUT2D eigenvalue weighted by molar-refractivity contribution is -0.142. The smallest absolute Gasteiger partial charge is 0.321 e. The van der Waals surface area contributed by atoms with Crippen LogP contribution in [0.4, 0.5) is 0 Å². The Morgan fingerprint density at radius 3 is 2.71 bits per heavy atom. The van der Waals surface area contributed by atoms with Gasteiger partial charge in [0.1, 0.15) is 6.04 Å². The van der Waals surface area contributed by atoms with Crippen molar-refractivity contribution in [1.82, 2.24) is 4.90 Å². The van der Waals surface area contributed by atoms with Crippen molar-refractivity contribution in [3.8, 4) is 0 Å². The van der Waals surface area contributed by atoms with Gasteiger partial charge in [-0.15, -0.1) is 0 Å². The first-order valence-electron chi connectivity index (χ1n) is 5.30. The molecule has 0 radical (unpaired) electrons. The molecule has 0 aromatic carbocycles. The van der Waals surface area contributed by atoms with Crippen LogP contribution in [0.15, 0.2) is 0 Å². The minimum Gasteiger partial charge on any atom is -0.480 e. The molecule has 0 spiro atoms. The number of hydrogen-bond acceptors (Lipinski definition) is 3. The minimum absolute atomic E-state index is 0.247. The average molecular weight is 219 g/mol. The summed E-state index contributed by atoms with van der Waals surface area (Å²) >= 11 is 1.74. The van der Waals surface area contributed by atoms with E-state index in [0.29, 0.717) is 0 Å². The zero-order valence-electron chi connectivity index (χ0n) is 9.32. The highest BCUT2D eigenvalue weighted by Gasteiger charge is 2.27. The number of thioether (sulfide) groups is 1. The predicted molar refractivity (Wildman–Crippen MR) is 62.0 cm³/mol. The van der Waals surface area contributed by atoms with E-state index < -0.39 is 5.97 Å². The Bertz CT molecular complexity index is 162. The highest BCUT2D eigenvalue weighted by atomic mass is 32.2. The number of aliphatic carboxylic acids is 1. The van der Waals surface area contributed by atoms with E-state index >= 15 is 0 Å². The standard InChI is InChI=1S/C8H15NO2S.C2H6/c1-2-3-9-4-5-12-6-7(9)8(10)11;1-2/h7H,2-6H2,1H3,(H,10,11);1-2H3. The van der Waals surface area contributed by atoms with Gasteiger partial charge in [-0.3, -0.25) is 9.69 Å². The third kappa shape index (κ3) is 4.33. The predicted octanol–water partition coefficient (Wildman–Crippen LogP) is 1.92. The number of rotatable bonds is 3. The normalized spacial score (nSPS) is 22.4. The van der Waals surface area contributed by atoms with Gasteiger partial charge in [0, 0.05) is 18.1 Å². The molecule has 1 unspecified atom stereocenters. The summed E-state index contributed by atoms with van der Waals surface area (Å²) in [6.45, 7) is 7.92. The van der Waals surface area contributed by atoms with Crippen LogP contribution in [0.5, 0.6) is 0 Å². The quantitative estimate of drug-likeness (QED) is 0.787. The van der Waals surface area contributed by atoms with Gasteiger partial charge in [-0.1, -0.05) is 20.8 Å². The molecule has 1 saturated heterocycles. The van der Waals surface area contributed by atoms with E-state index in [-0.39, 0.29) is 6.04 Å². The first-order chi connectivity index (χ1) is 6.75. The molecule has 1 aliphatic heterocycles. The number of carboxylic acids is 1. The number of hydrogen-bond donors (Lipinski definition) is 1. The molecular formula is C10H21NO2S. The Labute approximate surface area is 90.9 Å². The Morgan fingerprint density at radius 1 is 1.57 bits per heavy atom. The highest BCUT2D eigenvalue weighted by Crippen LogP contribution is 2.16. The lowest BCUT2D eigenvalue weighted by Crippen LogP contribution is -2.47. The molecular weight excluding hydrogens is 198 g/mol. The van der Waals surface area contributed by atoms with Crippen LogP contribution in [-0.4, -0.2) is 46.6 Å². The maximum atomic E-state index is 10.8. The Balaban J connectivity index is 0.000000791. The summed E-state index contributed by atoms with van der Waals surface area (Å²) in [5, 5.41) is 8.88. The fraction of sp³-hybridized carbons (Fsp3) is 0.900. The fourth-order valence-electron chi connectivity index (χ4n) is 1.42. The van der Waals surface area contributed by atoms with E-state index in [1.807, 2.05) is 13.8 Å². The Morgan fingerprint density at radius 2 is 2.21 bits per heavy atom. The molecule has 3 nitrogen and oxygen atoms in total. The molecule has 1 atom stereocenters. The summed E-state index contributed by atoms with van der Waals surface area (Å²) in [5.74, 6) is 1.15. The molecule has 0 aromatic rings. The van der Waals surface area contributed by atoms with Gasteiger partial charge >= 0.3 is 5.97 Å². The van der Waals surface area contributed by atoms with Gasteiger partial charge in [-0.2, -0.15) is 11.8 Å². The second-order valence-corrected chi connectivity index (χ2v) is 4.11. The Kier molecular flexibility index (Phi) is 7.99. The summed E-state index contributed by atoms with van der Waals surface area (Å²) in [6.07, 6.45) is 1.04. The topological polar surface area (TPSA) is 40.5 Å². The zero-order valence-corrected chi connectivity index (χ0v) is 10.1. The van der Waals surface area contributed by atoms with Gasteiger partial charge in [0.15, 0.2) is 0 Å².